The van der Waals surface area contributed by atoms with Gasteiger partial charge in [0, 0.05) is 12.4 Å². The molecule has 1 fully saturated rings. The van der Waals surface area contributed by atoms with E-state index in [1.54, 1.807) is 0 Å². The lowest BCUT2D eigenvalue weighted by Gasteiger charge is -2.18. The monoisotopic (exact) mass is 431 g/mol. The Hall–Kier alpha value is -2.55. The summed E-state index contributed by atoms with van der Waals surface area (Å²) in [6.45, 7) is 4.15. The predicted molar refractivity (Wildman–Crippen MR) is 132 cm³/mol. The Bertz CT molecular complexity index is 961. The standard InChI is InChI=1S/C28H30ClNO/c29-18-17-27(23-9-3-1-4-10-23)28(24-11-5-2-6-12-24)25-13-15-26(16-14-25)31-22-21-30-19-7-8-20-30/h1-6,9-16H,7-8,17-22H2/b28-27-. The smallest absolute Gasteiger partial charge is 0.119 e. The first-order valence-electron chi connectivity index (χ1n) is 11.2. The highest BCUT2D eigenvalue weighted by atomic mass is 35.5. The van der Waals surface area contributed by atoms with Crippen molar-refractivity contribution in [2.75, 3.05) is 32.1 Å². The fourth-order valence-electron chi connectivity index (χ4n) is 4.28. The largest absolute Gasteiger partial charge is 0.492 e. The highest BCUT2D eigenvalue weighted by Gasteiger charge is 2.14. The van der Waals surface area contributed by atoms with Crippen LogP contribution in [-0.2, 0) is 0 Å². The number of alkyl halides is 1. The van der Waals surface area contributed by atoms with Gasteiger partial charge in [-0.15, -0.1) is 11.6 Å². The third-order valence-corrected chi connectivity index (χ3v) is 6.04. The van der Waals surface area contributed by atoms with E-state index in [1.165, 1.54) is 53.8 Å². The van der Waals surface area contributed by atoms with Crippen molar-refractivity contribution in [3.05, 3.63) is 102 Å². The van der Waals surface area contributed by atoms with Crippen LogP contribution in [0.15, 0.2) is 84.9 Å². The lowest BCUT2D eigenvalue weighted by Crippen LogP contribution is -2.25. The van der Waals surface area contributed by atoms with E-state index >= 15 is 0 Å². The summed E-state index contributed by atoms with van der Waals surface area (Å²) < 4.78 is 6.02. The van der Waals surface area contributed by atoms with Crippen LogP contribution in [0, 0.1) is 0 Å². The number of rotatable bonds is 9. The minimum Gasteiger partial charge on any atom is -0.492 e. The molecule has 3 aromatic carbocycles. The molecule has 0 amide bonds. The zero-order chi connectivity index (χ0) is 21.3. The molecule has 3 heteroatoms. The molecule has 1 aliphatic heterocycles. The van der Waals surface area contributed by atoms with Crippen molar-refractivity contribution in [2.45, 2.75) is 19.3 Å². The molecule has 31 heavy (non-hydrogen) atoms. The molecule has 1 aliphatic rings. The molecule has 1 saturated heterocycles. The van der Waals surface area contributed by atoms with Gasteiger partial charge >= 0.3 is 0 Å². The fraction of sp³-hybridized carbons (Fsp3) is 0.286. The van der Waals surface area contributed by atoms with Crippen LogP contribution >= 0.6 is 11.6 Å². The van der Waals surface area contributed by atoms with Crippen molar-refractivity contribution in [3.8, 4) is 5.75 Å². The predicted octanol–water partition coefficient (Wildman–Crippen LogP) is 6.75. The number of ether oxygens (including phenoxy) is 1. The van der Waals surface area contributed by atoms with Gasteiger partial charge in [-0.25, -0.2) is 0 Å². The number of nitrogens with zero attached hydrogens (tertiary/aromatic N) is 1. The maximum Gasteiger partial charge on any atom is 0.119 e. The number of hydrogen-bond donors (Lipinski definition) is 0. The maximum atomic E-state index is 6.24. The van der Waals surface area contributed by atoms with Crippen LogP contribution in [0.25, 0.3) is 11.1 Å². The van der Waals surface area contributed by atoms with Crippen LogP contribution < -0.4 is 4.74 Å². The van der Waals surface area contributed by atoms with Gasteiger partial charge in [-0.2, -0.15) is 0 Å². The van der Waals surface area contributed by atoms with E-state index in [2.05, 4.69) is 89.8 Å². The third kappa shape index (κ3) is 5.78. The molecule has 0 spiro atoms. The molecule has 0 aliphatic carbocycles. The summed E-state index contributed by atoms with van der Waals surface area (Å²) in [5.41, 5.74) is 6.10. The Morgan fingerprint density at radius 3 is 1.94 bits per heavy atom. The number of allylic oxidation sites excluding steroid dienone is 1. The van der Waals surface area contributed by atoms with Crippen LogP contribution in [-0.4, -0.2) is 37.0 Å². The van der Waals surface area contributed by atoms with Gasteiger partial charge in [0.1, 0.15) is 12.4 Å². The van der Waals surface area contributed by atoms with E-state index in [0.717, 1.165) is 25.3 Å². The molecule has 0 atom stereocenters. The minimum atomic E-state index is 0.582. The molecule has 0 aromatic heterocycles. The summed E-state index contributed by atoms with van der Waals surface area (Å²) in [5.74, 6) is 1.51. The van der Waals surface area contributed by atoms with Gasteiger partial charge < -0.3 is 4.74 Å². The van der Waals surface area contributed by atoms with Crippen molar-refractivity contribution in [1.29, 1.82) is 0 Å². The third-order valence-electron chi connectivity index (χ3n) is 5.85. The topological polar surface area (TPSA) is 12.5 Å². The van der Waals surface area contributed by atoms with Crippen molar-refractivity contribution >= 4 is 22.7 Å². The average molecular weight is 432 g/mol. The van der Waals surface area contributed by atoms with Crippen molar-refractivity contribution < 1.29 is 4.74 Å². The molecule has 0 radical (unpaired) electrons. The highest BCUT2D eigenvalue weighted by molar-refractivity contribution is 6.18. The number of benzene rings is 3. The van der Waals surface area contributed by atoms with E-state index < -0.39 is 0 Å². The zero-order valence-corrected chi connectivity index (χ0v) is 18.7. The Morgan fingerprint density at radius 2 is 1.32 bits per heavy atom. The molecule has 0 unspecified atom stereocenters. The van der Waals surface area contributed by atoms with E-state index in [1.807, 2.05) is 0 Å². The summed E-state index contributed by atoms with van der Waals surface area (Å²) in [7, 11) is 0. The number of halogens is 1. The van der Waals surface area contributed by atoms with Crippen LogP contribution in [0.1, 0.15) is 36.0 Å². The Labute approximate surface area is 191 Å². The first-order chi connectivity index (χ1) is 15.3. The summed E-state index contributed by atoms with van der Waals surface area (Å²) in [4.78, 5) is 2.48. The second-order valence-corrected chi connectivity index (χ2v) is 8.32. The molecule has 0 N–H and O–H groups in total. The summed E-state index contributed by atoms with van der Waals surface area (Å²) in [6.07, 6.45) is 3.44. The Kier molecular flexibility index (Phi) is 7.81. The lowest BCUT2D eigenvalue weighted by atomic mass is 9.88. The van der Waals surface area contributed by atoms with Gasteiger partial charge in [0.15, 0.2) is 0 Å². The van der Waals surface area contributed by atoms with Crippen molar-refractivity contribution in [2.24, 2.45) is 0 Å². The fourth-order valence-corrected chi connectivity index (χ4v) is 4.47. The van der Waals surface area contributed by atoms with Crippen molar-refractivity contribution in [1.82, 2.24) is 4.90 Å². The van der Waals surface area contributed by atoms with Gasteiger partial charge in [0.2, 0.25) is 0 Å². The second kappa shape index (κ2) is 11.2. The Balaban J connectivity index is 1.62. The minimum absolute atomic E-state index is 0.582. The van der Waals surface area contributed by atoms with E-state index in [9.17, 15) is 0 Å². The van der Waals surface area contributed by atoms with Crippen LogP contribution in [0.3, 0.4) is 0 Å². The van der Waals surface area contributed by atoms with E-state index in [-0.39, 0.29) is 0 Å². The summed E-state index contributed by atoms with van der Waals surface area (Å²) in [5, 5.41) is 0. The van der Waals surface area contributed by atoms with Crippen LogP contribution in [0.5, 0.6) is 5.75 Å². The van der Waals surface area contributed by atoms with Gasteiger partial charge in [0.05, 0.1) is 0 Å². The molecular weight excluding hydrogens is 402 g/mol. The molecule has 2 nitrogen and oxygen atoms in total. The molecular formula is C28H30ClNO. The molecule has 0 bridgehead atoms. The highest BCUT2D eigenvalue weighted by Crippen LogP contribution is 2.35. The number of likely N-dealkylation sites (tertiary alicyclic amines) is 1. The van der Waals surface area contributed by atoms with Crippen LogP contribution in [0.4, 0.5) is 0 Å². The SMILES string of the molecule is ClCC/C(=C(\c1ccccc1)c1ccc(OCCN2CCCC2)cc1)c1ccccc1. The molecule has 160 valence electrons. The lowest BCUT2D eigenvalue weighted by molar-refractivity contribution is 0.238. The first-order valence-corrected chi connectivity index (χ1v) is 11.7. The second-order valence-electron chi connectivity index (χ2n) is 7.95. The Morgan fingerprint density at radius 1 is 0.742 bits per heavy atom. The van der Waals surface area contributed by atoms with Crippen LogP contribution in [0.2, 0.25) is 0 Å². The van der Waals surface area contributed by atoms with Gasteiger partial charge in [-0.1, -0.05) is 72.8 Å². The van der Waals surface area contributed by atoms with Gasteiger partial charge in [-0.05, 0) is 72.3 Å². The average Bonchev–Trinajstić information content (AvgIpc) is 3.35. The first kappa shape index (κ1) is 21.7. The molecule has 3 aromatic rings. The summed E-state index contributed by atoms with van der Waals surface area (Å²) in [6, 6.07) is 29.7. The van der Waals surface area contributed by atoms with Gasteiger partial charge in [0.25, 0.3) is 0 Å². The quantitative estimate of drug-likeness (QED) is 0.274. The number of hydrogen-bond acceptors (Lipinski definition) is 2. The van der Waals surface area contributed by atoms with Gasteiger partial charge in [-0.3, -0.25) is 4.90 Å². The normalized spacial score (nSPS) is 15.0. The molecule has 0 saturated carbocycles. The zero-order valence-electron chi connectivity index (χ0n) is 18.0. The van der Waals surface area contributed by atoms with E-state index in [4.69, 9.17) is 16.3 Å². The van der Waals surface area contributed by atoms with E-state index in [0.29, 0.717) is 5.88 Å². The summed E-state index contributed by atoms with van der Waals surface area (Å²) >= 11 is 6.24. The van der Waals surface area contributed by atoms with Crippen molar-refractivity contribution in [3.63, 3.8) is 0 Å². The maximum absolute atomic E-state index is 6.24. The molecule has 4 rings (SSSR count). The molecule has 1 heterocycles.